The van der Waals surface area contributed by atoms with Crippen LogP contribution in [-0.2, 0) is 101 Å². The van der Waals surface area contributed by atoms with Gasteiger partial charge in [-0.1, -0.05) is 178 Å². The summed E-state index contributed by atoms with van der Waals surface area (Å²) < 4.78 is 34.3. The molecule has 0 atom stereocenters. The van der Waals surface area contributed by atoms with E-state index in [2.05, 4.69) is 378 Å². The number of nitrogens with zero attached hydrogens (tertiary/aromatic N) is 13. The van der Waals surface area contributed by atoms with E-state index in [4.69, 9.17) is 19.4 Å². The van der Waals surface area contributed by atoms with E-state index < -0.39 is 0 Å². The molecule has 14 nitrogen and oxygen atoms in total. The maximum Gasteiger partial charge on any atom is 0.120 e. The predicted molar refractivity (Wildman–Crippen MR) is 553 cm³/mol. The maximum absolute atomic E-state index is 13.1. The van der Waals surface area contributed by atoms with E-state index in [9.17, 15) is 4.39 Å². The number of para-hydroxylation sites is 3. The monoisotopic (exact) mass is 2740 g/mol. The molecule has 0 aliphatic carbocycles. The Bertz CT molecular complexity index is 8230. The topological polar surface area (TPSA) is 125 Å². The largest absolute Gasteiger partial charge is 0.500 e. The van der Waals surface area contributed by atoms with Crippen molar-refractivity contribution in [3.63, 3.8) is 0 Å². The molecule has 20 heteroatoms. The number of hydrogen-bond donors (Lipinski definition) is 0. The first-order valence-corrected chi connectivity index (χ1v) is 45.8. The number of imidazole rings is 5. The molecule has 0 bridgehead atoms. The molecule has 23 aromatic rings. The number of aromatic nitrogens is 13. The quantitative estimate of drug-likeness (QED) is 0.112. The van der Waals surface area contributed by atoms with Gasteiger partial charge in [-0.25, -0.2) is 0 Å². The summed E-state index contributed by atoms with van der Waals surface area (Å²) in [4.78, 5) is 27.8. The molecule has 9 aromatic heterocycles. The van der Waals surface area contributed by atoms with Crippen molar-refractivity contribution in [2.75, 3.05) is 0 Å². The molecule has 0 saturated heterocycles. The van der Waals surface area contributed by atoms with E-state index in [-0.39, 0.29) is 106 Å². The molecular weight excluding hydrogens is 2630 g/mol. The van der Waals surface area contributed by atoms with Crippen molar-refractivity contribution in [3.8, 4) is 96.8 Å². The molecule has 0 fully saturated rings. The van der Waals surface area contributed by atoms with Crippen LogP contribution < -0.4 is 0 Å². The summed E-state index contributed by atoms with van der Waals surface area (Å²) in [6.07, 6.45) is 21.1. The average molecular weight is 2740 g/mol. The fraction of sp³-hybridized carbons (Fsp3) is 0.140. The average Bonchev–Trinajstić information content (AvgIpc) is 1.59. The van der Waals surface area contributed by atoms with Gasteiger partial charge in [-0.05, 0) is 237 Å². The number of pyridine rings is 1. The Kier molecular flexibility index (Phi) is 32.6. The van der Waals surface area contributed by atoms with Gasteiger partial charge in [0.1, 0.15) is 5.58 Å². The minimum atomic E-state index is -0.292. The van der Waals surface area contributed by atoms with E-state index in [0.717, 1.165) is 118 Å². The number of hydrogen-bond acceptors (Lipinski definition) is 7. The normalized spacial score (nSPS) is 10.9. The minimum Gasteiger partial charge on any atom is -0.500 e. The van der Waals surface area contributed by atoms with Crippen LogP contribution in [0, 0.1) is 154 Å². The second-order valence-electron chi connectivity index (χ2n) is 35.8. The van der Waals surface area contributed by atoms with Gasteiger partial charge in [0, 0.05) is 225 Å². The van der Waals surface area contributed by atoms with E-state index in [1.165, 1.54) is 151 Å². The van der Waals surface area contributed by atoms with Crippen LogP contribution in [0.1, 0.15) is 94.6 Å². The van der Waals surface area contributed by atoms with Crippen LogP contribution in [0.15, 0.2) is 321 Å². The number of rotatable bonds is 12. The first kappa shape index (κ1) is 104. The van der Waals surface area contributed by atoms with Crippen LogP contribution in [0.2, 0.25) is 0 Å². The second kappa shape index (κ2) is 44.3. The van der Waals surface area contributed by atoms with Crippen molar-refractivity contribution in [2.45, 2.75) is 118 Å². The molecule has 0 aliphatic rings. The van der Waals surface area contributed by atoms with E-state index in [1.807, 2.05) is 109 Å². The first-order valence-electron chi connectivity index (χ1n) is 45.8. The van der Waals surface area contributed by atoms with E-state index >= 15 is 0 Å². The summed E-state index contributed by atoms with van der Waals surface area (Å²) >= 11 is 0. The Hall–Kier alpha value is -13.1. The molecule has 0 amide bonds. The summed E-state index contributed by atoms with van der Waals surface area (Å²) in [6, 6.07) is 102. The minimum absolute atomic E-state index is 0. The Morgan fingerprint density at radius 2 is 0.589 bits per heavy atom. The van der Waals surface area contributed by atoms with Gasteiger partial charge in [0.05, 0.1) is 45.7 Å². The molecule has 0 spiro atoms. The van der Waals surface area contributed by atoms with Gasteiger partial charge < -0.3 is 36.4 Å². The molecule has 0 saturated carbocycles. The molecule has 0 unspecified atom stereocenters. The van der Waals surface area contributed by atoms with Crippen LogP contribution >= 0.6 is 0 Å². The Morgan fingerprint density at radius 3 is 1.01 bits per heavy atom. The van der Waals surface area contributed by atoms with Crippen molar-refractivity contribution in [2.24, 2.45) is 0 Å². The first-order chi connectivity index (χ1) is 65.9. The molecule has 715 valence electrons. The summed E-state index contributed by atoms with van der Waals surface area (Å²) in [6.45, 7) is 36.3. The van der Waals surface area contributed by atoms with Crippen LogP contribution in [0.25, 0.3) is 162 Å². The van der Waals surface area contributed by atoms with Gasteiger partial charge in [0.15, 0.2) is 0 Å². The third kappa shape index (κ3) is 21.0. The molecule has 0 aliphatic heterocycles. The van der Waals surface area contributed by atoms with Crippen molar-refractivity contribution in [1.82, 2.24) is 61.9 Å². The van der Waals surface area contributed by atoms with Gasteiger partial charge in [-0.3, -0.25) is 34.3 Å². The molecule has 0 N–H and O–H groups in total. The zero-order valence-electron chi connectivity index (χ0n) is 81.3. The van der Waals surface area contributed by atoms with Crippen molar-refractivity contribution in [3.05, 3.63) is 448 Å². The zero-order chi connectivity index (χ0) is 94.4. The van der Waals surface area contributed by atoms with Crippen LogP contribution in [0.3, 0.4) is 0 Å². The third-order valence-electron chi connectivity index (χ3n) is 25.2. The van der Waals surface area contributed by atoms with Crippen LogP contribution in [0.4, 0.5) is 4.39 Å². The predicted octanol–water partition coefficient (Wildman–Crippen LogP) is 29.6. The van der Waals surface area contributed by atoms with Crippen molar-refractivity contribution in [1.29, 1.82) is 0 Å². The van der Waals surface area contributed by atoms with Crippen molar-refractivity contribution >= 4 is 65.7 Å². The Balaban J connectivity index is 0.000000141. The number of halogens is 1. The van der Waals surface area contributed by atoms with E-state index in [1.54, 1.807) is 12.3 Å². The second-order valence-corrected chi connectivity index (χ2v) is 35.8. The Morgan fingerprint density at radius 1 is 0.234 bits per heavy atom. The number of aryl methyl sites for hydroxylation is 17. The summed E-state index contributed by atoms with van der Waals surface area (Å²) in [5.41, 5.74) is 41.2. The van der Waals surface area contributed by atoms with Gasteiger partial charge >= 0.3 is 0 Å². The summed E-state index contributed by atoms with van der Waals surface area (Å²) in [7, 11) is 0. The zero-order valence-corrected chi connectivity index (χ0v) is 93.3. The Labute approximate surface area is 890 Å². The van der Waals surface area contributed by atoms with Gasteiger partial charge in [-0.2, -0.15) is 0 Å². The number of fused-ring (bicyclic) bond motifs is 9. The van der Waals surface area contributed by atoms with Crippen molar-refractivity contribution < 1.29 is 109 Å². The number of furan rings is 1. The third-order valence-corrected chi connectivity index (χ3v) is 25.2. The van der Waals surface area contributed by atoms with E-state index in [0.29, 0.717) is 0 Å². The van der Waals surface area contributed by atoms with Gasteiger partial charge in [-0.15, -0.1) is 137 Å². The standard InChI is InChI=1S/C31H26N3.C29H23N4.C24H19N2O.C19H19N2.C18H16FN2.5Ir/c1-20-8-7-9-25(18-20)34-28-11-6-5-10-26(28)27-19-24(12-13-29(27)34)31-32-14-15-33(31)30-22(3)16-21(2)17-23(30)4;1-19-16-20(2)28(21(3)17-19)32-15-14-31-29(32)22-11-12-25-24(18-22)27-26(10-7-13-30-27)33(25)23-8-5-4-6-9-23;1-15-12-16(2)23(17(3)13-15)26-11-10-25-24(26)18-8-9-22-20(14-18)19-6-4-5-7-21(19)27-22;1-13-5-7-17(8-6-13)19-20-9-10-21(19)18-15(3)11-14(2)12-16(18)4;1-12-10-13(2)17(14(3)11-12)21-9-8-20-18(21)15-4-6-16(19)7-5-15;;;;;/h5-11,13-19H,1-4H3;4-10,12-18H,1-3H3;4-7,9-14H,1-3H3;5-7,9-12H,1-4H3;4,6-11H,1-3H3;;;;;/q5*-1;;;;;. The molecule has 9 heterocycles. The number of benzene rings is 14. The molecule has 23 rings (SSSR count). The fourth-order valence-electron chi connectivity index (χ4n) is 20.0. The maximum atomic E-state index is 13.1. The van der Waals surface area contributed by atoms with Crippen LogP contribution in [0.5, 0.6) is 0 Å². The van der Waals surface area contributed by atoms with Crippen LogP contribution in [-0.4, -0.2) is 61.9 Å². The smallest absolute Gasteiger partial charge is 0.120 e. The summed E-state index contributed by atoms with van der Waals surface area (Å²) in [5.74, 6) is 4.08. The SMILES string of the molecule is Cc1c[c-]c(-c2nccn2-c2c(C)cc(C)cc2C)cc1.Cc1cc(C)c(-n2ccnc2-c2[c-]cc(F)cc2)c(C)c1.Cc1cc(C)c(-n2ccnc2-c2[c-]cc3c(c2)c2ncccc2n3-c2ccccc2)c(C)c1.Cc1cc(C)c(-n2ccnc2-c2[c-]cc3oc4ccccc4c3c2)c(C)c1.Cc1cccc(-n2c3c[c-]c(-c4nccn4-c4c(C)cc(C)cc4C)cc3c3ccccc32)c1.[Ir].[Ir].[Ir].[Ir].[Ir]. The fourth-order valence-corrected chi connectivity index (χ4v) is 20.0. The molecule has 141 heavy (non-hydrogen) atoms. The summed E-state index contributed by atoms with van der Waals surface area (Å²) in [5, 5.41) is 5.73. The van der Waals surface area contributed by atoms with Gasteiger partial charge in [0.2, 0.25) is 0 Å². The molecule has 14 aromatic carbocycles. The molecule has 5 radical (unpaired) electrons. The molecular formula is C121H103FIr5N13O-5. The van der Waals surface area contributed by atoms with Gasteiger partial charge in [0.25, 0.3) is 0 Å².